The Morgan fingerprint density at radius 3 is 2.85 bits per heavy atom. The molecule has 2 rings (SSSR count). The molecule has 2 unspecified atom stereocenters. The Bertz CT molecular complexity index is 571. The van der Waals surface area contributed by atoms with Gasteiger partial charge in [0.05, 0.1) is 24.5 Å². The second-order valence-corrected chi connectivity index (χ2v) is 6.97. The van der Waals surface area contributed by atoms with Crippen LogP contribution in [0.25, 0.3) is 0 Å². The fourth-order valence-corrected chi connectivity index (χ4v) is 3.12. The van der Waals surface area contributed by atoms with Gasteiger partial charge in [0.1, 0.15) is 5.75 Å². The molecule has 0 spiro atoms. The topological polar surface area (TPSA) is 75.6 Å². The molecule has 5 nitrogen and oxygen atoms in total. The Kier molecular flexibility index (Phi) is 4.67. The predicted molar refractivity (Wildman–Crippen MR) is 77.1 cm³/mol. The smallest absolute Gasteiger partial charge is 0.211 e. The molecule has 20 heavy (non-hydrogen) atoms. The third-order valence-electron chi connectivity index (χ3n) is 3.55. The molecular formula is C14H21NO4S. The second kappa shape index (κ2) is 6.11. The van der Waals surface area contributed by atoms with Gasteiger partial charge < -0.3 is 9.84 Å². The molecule has 1 aromatic rings. The van der Waals surface area contributed by atoms with Gasteiger partial charge in [-0.25, -0.2) is 13.1 Å². The van der Waals surface area contributed by atoms with Crippen LogP contribution in [0.2, 0.25) is 0 Å². The zero-order valence-electron chi connectivity index (χ0n) is 11.8. The van der Waals surface area contributed by atoms with Crippen molar-refractivity contribution in [2.24, 2.45) is 0 Å². The van der Waals surface area contributed by atoms with Crippen LogP contribution in [0.1, 0.15) is 50.0 Å². The quantitative estimate of drug-likeness (QED) is 0.870. The number of benzene rings is 1. The number of rotatable bonds is 5. The van der Waals surface area contributed by atoms with Gasteiger partial charge in [0, 0.05) is 12.0 Å². The fourth-order valence-electron chi connectivity index (χ4n) is 2.28. The van der Waals surface area contributed by atoms with Crippen LogP contribution >= 0.6 is 0 Å². The molecule has 0 amide bonds. The molecule has 0 radical (unpaired) electrons. The second-order valence-electron chi connectivity index (χ2n) is 4.93. The molecule has 0 saturated carbocycles. The summed E-state index contributed by atoms with van der Waals surface area (Å²) in [6.07, 6.45) is 0.675. The van der Waals surface area contributed by atoms with E-state index in [0.717, 1.165) is 11.1 Å². The predicted octanol–water partition coefficient (Wildman–Crippen LogP) is 1.89. The highest BCUT2D eigenvalue weighted by molar-refractivity contribution is 7.89. The van der Waals surface area contributed by atoms with Crippen LogP contribution in [-0.4, -0.2) is 25.9 Å². The maximum atomic E-state index is 11.8. The zero-order chi connectivity index (χ0) is 14.8. The van der Waals surface area contributed by atoms with Crippen molar-refractivity contribution >= 4 is 10.0 Å². The van der Waals surface area contributed by atoms with Crippen LogP contribution in [0.5, 0.6) is 5.75 Å². The van der Waals surface area contributed by atoms with Gasteiger partial charge in [-0.1, -0.05) is 13.0 Å². The highest BCUT2D eigenvalue weighted by Crippen LogP contribution is 2.34. The molecule has 0 saturated heterocycles. The van der Waals surface area contributed by atoms with E-state index in [2.05, 4.69) is 4.72 Å². The number of aliphatic hydroxyl groups excluding tert-OH is 1. The maximum Gasteiger partial charge on any atom is 0.211 e. The summed E-state index contributed by atoms with van der Waals surface area (Å²) in [5.74, 6) is 0.740. The Morgan fingerprint density at radius 1 is 1.45 bits per heavy atom. The van der Waals surface area contributed by atoms with Gasteiger partial charge in [0.25, 0.3) is 0 Å². The van der Waals surface area contributed by atoms with Gasteiger partial charge in [0.15, 0.2) is 0 Å². The molecule has 112 valence electrons. The number of ether oxygens (including phenoxy) is 1. The molecule has 1 heterocycles. The van der Waals surface area contributed by atoms with E-state index in [9.17, 15) is 13.5 Å². The molecule has 2 atom stereocenters. The normalized spacial score (nSPS) is 20.1. The van der Waals surface area contributed by atoms with Gasteiger partial charge in [-0.15, -0.1) is 0 Å². The van der Waals surface area contributed by atoms with Gasteiger partial charge in [-0.05, 0) is 31.0 Å². The SMILES string of the molecule is CCC(O)c1ccc2c(c1)C(NS(=O)(=O)CC)CCO2. The third-order valence-corrected chi connectivity index (χ3v) is 4.95. The molecule has 0 aliphatic carbocycles. The summed E-state index contributed by atoms with van der Waals surface area (Å²) in [5, 5.41) is 9.92. The first-order valence-electron chi connectivity index (χ1n) is 6.91. The molecule has 6 heteroatoms. The Balaban J connectivity index is 2.33. The third kappa shape index (κ3) is 3.31. The summed E-state index contributed by atoms with van der Waals surface area (Å²) in [6, 6.07) is 5.18. The molecular weight excluding hydrogens is 278 g/mol. The average Bonchev–Trinajstić information content (AvgIpc) is 2.46. The van der Waals surface area contributed by atoms with Crippen molar-refractivity contribution in [2.75, 3.05) is 12.4 Å². The minimum atomic E-state index is -3.27. The maximum absolute atomic E-state index is 11.8. The van der Waals surface area contributed by atoms with Crippen molar-refractivity contribution in [3.05, 3.63) is 29.3 Å². The molecule has 1 aliphatic rings. The van der Waals surface area contributed by atoms with Crippen LogP contribution in [-0.2, 0) is 10.0 Å². The van der Waals surface area contributed by atoms with Crippen molar-refractivity contribution < 1.29 is 18.3 Å². The minimum absolute atomic E-state index is 0.0525. The molecule has 1 aliphatic heterocycles. The Labute approximate surface area is 120 Å². The van der Waals surface area contributed by atoms with Crippen molar-refractivity contribution in [1.82, 2.24) is 4.72 Å². The summed E-state index contributed by atoms with van der Waals surface area (Å²) in [4.78, 5) is 0. The van der Waals surface area contributed by atoms with E-state index in [0.29, 0.717) is 25.2 Å². The van der Waals surface area contributed by atoms with E-state index in [1.165, 1.54) is 0 Å². The Morgan fingerprint density at radius 2 is 2.20 bits per heavy atom. The van der Waals surface area contributed by atoms with E-state index in [-0.39, 0.29) is 11.8 Å². The van der Waals surface area contributed by atoms with E-state index in [4.69, 9.17) is 4.74 Å². The molecule has 2 N–H and O–H groups in total. The van der Waals surface area contributed by atoms with E-state index >= 15 is 0 Å². The van der Waals surface area contributed by atoms with Crippen LogP contribution in [0.15, 0.2) is 18.2 Å². The average molecular weight is 299 g/mol. The Hall–Kier alpha value is -1.11. The first kappa shape index (κ1) is 15.3. The number of nitrogens with one attached hydrogen (secondary N) is 1. The number of hydrogen-bond acceptors (Lipinski definition) is 4. The van der Waals surface area contributed by atoms with Crippen LogP contribution < -0.4 is 9.46 Å². The van der Waals surface area contributed by atoms with Gasteiger partial charge in [0.2, 0.25) is 10.0 Å². The van der Waals surface area contributed by atoms with E-state index < -0.39 is 16.1 Å². The summed E-state index contributed by atoms with van der Waals surface area (Å²) in [7, 11) is -3.27. The lowest BCUT2D eigenvalue weighted by molar-refractivity contribution is 0.173. The van der Waals surface area contributed by atoms with Crippen LogP contribution in [0.4, 0.5) is 0 Å². The summed E-state index contributed by atoms with van der Waals surface area (Å²) in [5.41, 5.74) is 1.59. The summed E-state index contributed by atoms with van der Waals surface area (Å²) in [6.45, 7) is 4.00. The number of aliphatic hydroxyl groups is 1. The van der Waals surface area contributed by atoms with Crippen molar-refractivity contribution in [3.8, 4) is 5.75 Å². The first-order chi connectivity index (χ1) is 9.46. The fraction of sp³-hybridized carbons (Fsp3) is 0.571. The number of sulfonamides is 1. The molecule has 0 aromatic heterocycles. The highest BCUT2D eigenvalue weighted by Gasteiger charge is 2.26. The van der Waals surface area contributed by atoms with Crippen LogP contribution in [0, 0.1) is 0 Å². The van der Waals surface area contributed by atoms with Gasteiger partial charge >= 0.3 is 0 Å². The zero-order valence-corrected chi connectivity index (χ0v) is 12.6. The first-order valence-corrected chi connectivity index (χ1v) is 8.56. The van der Waals surface area contributed by atoms with Crippen molar-refractivity contribution in [1.29, 1.82) is 0 Å². The van der Waals surface area contributed by atoms with Gasteiger partial charge in [-0.2, -0.15) is 0 Å². The van der Waals surface area contributed by atoms with Crippen molar-refractivity contribution in [2.45, 2.75) is 38.8 Å². The number of hydrogen-bond donors (Lipinski definition) is 2. The largest absolute Gasteiger partial charge is 0.493 e. The standard InChI is InChI=1S/C14H21NO4S/c1-3-13(16)10-5-6-14-11(9-10)12(7-8-19-14)15-20(17,18)4-2/h5-6,9,12-13,15-16H,3-4,7-8H2,1-2H3. The number of fused-ring (bicyclic) bond motifs is 1. The minimum Gasteiger partial charge on any atom is -0.493 e. The summed E-state index contributed by atoms with van der Waals surface area (Å²) < 4.78 is 31.8. The summed E-state index contributed by atoms with van der Waals surface area (Å²) >= 11 is 0. The van der Waals surface area contributed by atoms with Gasteiger partial charge in [-0.3, -0.25) is 0 Å². The molecule has 1 aromatic carbocycles. The van der Waals surface area contributed by atoms with Crippen LogP contribution in [0.3, 0.4) is 0 Å². The monoisotopic (exact) mass is 299 g/mol. The molecule has 0 fully saturated rings. The molecule has 0 bridgehead atoms. The van der Waals surface area contributed by atoms with E-state index in [1.807, 2.05) is 19.1 Å². The van der Waals surface area contributed by atoms with Crippen molar-refractivity contribution in [3.63, 3.8) is 0 Å². The lowest BCUT2D eigenvalue weighted by Gasteiger charge is -2.27. The lowest BCUT2D eigenvalue weighted by Crippen LogP contribution is -2.33. The van der Waals surface area contributed by atoms with E-state index in [1.54, 1.807) is 13.0 Å². The lowest BCUT2D eigenvalue weighted by atomic mass is 9.96. The highest BCUT2D eigenvalue weighted by atomic mass is 32.2.